The molecule has 0 aliphatic heterocycles. The summed E-state index contributed by atoms with van der Waals surface area (Å²) in [5.74, 6) is -0.430. The van der Waals surface area contributed by atoms with Crippen LogP contribution in [0.5, 0.6) is 0 Å². The van der Waals surface area contributed by atoms with Crippen LogP contribution in [0.4, 0.5) is 0 Å². The van der Waals surface area contributed by atoms with E-state index in [1.54, 1.807) is 24.5 Å². The summed E-state index contributed by atoms with van der Waals surface area (Å²) in [7, 11) is 0. The molecule has 0 bridgehead atoms. The minimum Gasteiger partial charge on any atom is -0.319 e. The number of oxime groups is 1. The first kappa shape index (κ1) is 8.39. The van der Waals surface area contributed by atoms with Crippen LogP contribution in [0.2, 0.25) is 0 Å². The van der Waals surface area contributed by atoms with Crippen LogP contribution >= 0.6 is 0 Å². The third kappa shape index (κ3) is 2.92. The van der Waals surface area contributed by atoms with Gasteiger partial charge in [0.05, 0.1) is 6.21 Å². The first-order valence-electron chi connectivity index (χ1n) is 3.40. The van der Waals surface area contributed by atoms with Gasteiger partial charge in [-0.3, -0.25) is 4.98 Å². The summed E-state index contributed by atoms with van der Waals surface area (Å²) >= 11 is 0. The Kier molecular flexibility index (Phi) is 2.95. The van der Waals surface area contributed by atoms with Crippen molar-refractivity contribution in [2.24, 2.45) is 5.16 Å². The zero-order chi connectivity index (χ0) is 8.81. The summed E-state index contributed by atoms with van der Waals surface area (Å²) in [5.41, 5.74) is 0.839. The van der Waals surface area contributed by atoms with Gasteiger partial charge in [-0.15, -0.1) is 0 Å². The molecule has 62 valence electrons. The molecule has 12 heavy (non-hydrogen) atoms. The Bertz CT molecular complexity index is 282. The molecule has 4 heteroatoms. The lowest BCUT2D eigenvalue weighted by molar-refractivity contribution is -0.140. The normalized spacial score (nSPS) is 10.1. The van der Waals surface area contributed by atoms with Crippen LogP contribution in [0.15, 0.2) is 29.7 Å². The molecule has 1 aromatic rings. The highest BCUT2D eigenvalue weighted by molar-refractivity contribution is 5.79. The van der Waals surface area contributed by atoms with Gasteiger partial charge in [0.1, 0.15) is 0 Å². The van der Waals surface area contributed by atoms with Gasteiger partial charge in [-0.05, 0) is 17.7 Å². The molecule has 0 amide bonds. The quantitative estimate of drug-likeness (QED) is 0.372. The molecule has 0 spiro atoms. The van der Waals surface area contributed by atoms with Crippen LogP contribution in [0.3, 0.4) is 0 Å². The Hall–Kier alpha value is -1.71. The Balaban J connectivity index is 2.52. The van der Waals surface area contributed by atoms with Crippen LogP contribution in [0.25, 0.3) is 0 Å². The van der Waals surface area contributed by atoms with Crippen molar-refractivity contribution in [3.05, 3.63) is 30.1 Å². The number of hydrogen-bond donors (Lipinski definition) is 0. The number of nitrogens with zero attached hydrogens (tertiary/aromatic N) is 2. The highest BCUT2D eigenvalue weighted by atomic mass is 16.7. The minimum absolute atomic E-state index is 0.430. The predicted octanol–water partition coefficient (Wildman–Crippen LogP) is 0.979. The molecular weight excluding hydrogens is 156 g/mol. The molecule has 1 aromatic heterocycles. The number of carbonyl (C=O) groups excluding carboxylic acids is 1. The van der Waals surface area contributed by atoms with E-state index in [-0.39, 0.29) is 0 Å². The van der Waals surface area contributed by atoms with Gasteiger partial charge >= 0.3 is 5.97 Å². The van der Waals surface area contributed by atoms with Gasteiger partial charge in [0, 0.05) is 19.3 Å². The van der Waals surface area contributed by atoms with Gasteiger partial charge in [-0.25, -0.2) is 4.79 Å². The Morgan fingerprint density at radius 1 is 1.58 bits per heavy atom. The highest BCUT2D eigenvalue weighted by Gasteiger charge is 1.87. The van der Waals surface area contributed by atoms with E-state index in [9.17, 15) is 4.79 Å². The summed E-state index contributed by atoms with van der Waals surface area (Å²) in [4.78, 5) is 18.5. The van der Waals surface area contributed by atoms with Crippen molar-refractivity contribution < 1.29 is 9.63 Å². The molecule has 0 aromatic carbocycles. The second-order valence-corrected chi connectivity index (χ2v) is 2.10. The molecule has 0 atom stereocenters. The van der Waals surface area contributed by atoms with Crippen molar-refractivity contribution in [1.82, 2.24) is 4.98 Å². The fraction of sp³-hybridized carbons (Fsp3) is 0.125. The van der Waals surface area contributed by atoms with Crippen molar-refractivity contribution in [1.29, 1.82) is 0 Å². The summed E-state index contributed by atoms with van der Waals surface area (Å²) in [5, 5.41) is 3.44. The average Bonchev–Trinajstić information content (AvgIpc) is 2.05. The van der Waals surface area contributed by atoms with Crippen LogP contribution in [-0.2, 0) is 9.63 Å². The van der Waals surface area contributed by atoms with E-state index in [4.69, 9.17) is 0 Å². The number of hydrogen-bond acceptors (Lipinski definition) is 4. The third-order valence-electron chi connectivity index (χ3n) is 1.09. The van der Waals surface area contributed by atoms with Gasteiger partial charge in [-0.2, -0.15) is 0 Å². The molecule has 0 saturated carbocycles. The monoisotopic (exact) mass is 164 g/mol. The van der Waals surface area contributed by atoms with E-state index in [0.29, 0.717) is 0 Å². The van der Waals surface area contributed by atoms with E-state index in [0.717, 1.165) is 5.56 Å². The standard InChI is InChI=1S/C8H8N2O2/c1-7(11)12-10-6-8-2-4-9-5-3-8/h2-6H,1H3. The molecule has 0 radical (unpaired) electrons. The number of aromatic nitrogens is 1. The fourth-order valence-corrected chi connectivity index (χ4v) is 0.611. The van der Waals surface area contributed by atoms with E-state index in [1.807, 2.05) is 0 Å². The largest absolute Gasteiger partial charge is 0.331 e. The Morgan fingerprint density at radius 2 is 2.25 bits per heavy atom. The molecule has 1 heterocycles. The van der Waals surface area contributed by atoms with Gasteiger partial charge in [-0.1, -0.05) is 5.16 Å². The first-order chi connectivity index (χ1) is 5.79. The van der Waals surface area contributed by atoms with Gasteiger partial charge in [0.2, 0.25) is 0 Å². The maximum absolute atomic E-state index is 10.3. The summed E-state index contributed by atoms with van der Waals surface area (Å²) < 4.78 is 0. The molecule has 1 rings (SSSR count). The van der Waals surface area contributed by atoms with E-state index < -0.39 is 5.97 Å². The fourth-order valence-electron chi connectivity index (χ4n) is 0.611. The van der Waals surface area contributed by atoms with Crippen molar-refractivity contribution >= 4 is 12.2 Å². The number of carbonyl (C=O) groups is 1. The molecule has 0 saturated heterocycles. The smallest absolute Gasteiger partial charge is 0.319 e. The average molecular weight is 164 g/mol. The lowest BCUT2D eigenvalue weighted by Crippen LogP contribution is -1.91. The SMILES string of the molecule is CC(=O)ON=Cc1ccncc1. The lowest BCUT2D eigenvalue weighted by Gasteiger charge is -1.89. The van der Waals surface area contributed by atoms with Gasteiger partial charge in [0.15, 0.2) is 0 Å². The van der Waals surface area contributed by atoms with Crippen molar-refractivity contribution in [3.8, 4) is 0 Å². The molecule has 4 nitrogen and oxygen atoms in total. The molecular formula is C8H8N2O2. The second-order valence-electron chi connectivity index (χ2n) is 2.10. The zero-order valence-electron chi connectivity index (χ0n) is 6.60. The Morgan fingerprint density at radius 3 is 2.83 bits per heavy atom. The maximum Gasteiger partial charge on any atom is 0.331 e. The van der Waals surface area contributed by atoms with Crippen molar-refractivity contribution in [2.45, 2.75) is 6.92 Å². The molecule has 0 N–H and O–H groups in total. The summed E-state index contributed by atoms with van der Waals surface area (Å²) in [6.07, 6.45) is 4.72. The van der Waals surface area contributed by atoms with Crippen molar-refractivity contribution in [3.63, 3.8) is 0 Å². The van der Waals surface area contributed by atoms with Gasteiger partial charge < -0.3 is 4.84 Å². The molecule has 0 fully saturated rings. The number of rotatable bonds is 2. The topological polar surface area (TPSA) is 51.5 Å². The lowest BCUT2D eigenvalue weighted by atomic mass is 10.3. The molecule has 0 aliphatic carbocycles. The third-order valence-corrected chi connectivity index (χ3v) is 1.09. The van der Waals surface area contributed by atoms with E-state index in [1.165, 1.54) is 13.1 Å². The highest BCUT2D eigenvalue weighted by Crippen LogP contribution is 1.91. The second kappa shape index (κ2) is 4.23. The molecule has 0 unspecified atom stereocenters. The van der Waals surface area contributed by atoms with E-state index >= 15 is 0 Å². The van der Waals surface area contributed by atoms with Crippen LogP contribution in [0, 0.1) is 0 Å². The predicted molar refractivity (Wildman–Crippen MR) is 43.6 cm³/mol. The number of pyridine rings is 1. The minimum atomic E-state index is -0.430. The van der Waals surface area contributed by atoms with E-state index in [2.05, 4.69) is 15.0 Å². The van der Waals surface area contributed by atoms with Crippen LogP contribution in [-0.4, -0.2) is 17.2 Å². The summed E-state index contributed by atoms with van der Waals surface area (Å²) in [6, 6.07) is 3.51. The summed E-state index contributed by atoms with van der Waals surface area (Å²) in [6.45, 7) is 1.30. The Labute approximate surface area is 69.9 Å². The van der Waals surface area contributed by atoms with Crippen LogP contribution < -0.4 is 0 Å². The molecule has 0 aliphatic rings. The van der Waals surface area contributed by atoms with Crippen LogP contribution in [0.1, 0.15) is 12.5 Å². The zero-order valence-corrected chi connectivity index (χ0v) is 6.60. The van der Waals surface area contributed by atoms with Gasteiger partial charge in [0.25, 0.3) is 0 Å². The maximum atomic E-state index is 10.3. The van der Waals surface area contributed by atoms with Crippen molar-refractivity contribution in [2.75, 3.05) is 0 Å². The first-order valence-corrected chi connectivity index (χ1v) is 3.40.